The molecule has 0 spiro atoms. The highest BCUT2D eigenvalue weighted by molar-refractivity contribution is 6.01. The van der Waals surface area contributed by atoms with E-state index < -0.39 is 17.8 Å². The van der Waals surface area contributed by atoms with E-state index in [-0.39, 0.29) is 18.1 Å². The van der Waals surface area contributed by atoms with E-state index in [2.05, 4.69) is 22.0 Å². The summed E-state index contributed by atoms with van der Waals surface area (Å²) in [5.74, 6) is -0.595. The Morgan fingerprint density at radius 2 is 1.78 bits per heavy atom. The molecule has 0 unspecified atom stereocenters. The number of rotatable bonds is 9. The minimum atomic E-state index is -4.60. The van der Waals surface area contributed by atoms with Crippen molar-refractivity contribution in [2.24, 2.45) is 5.92 Å². The van der Waals surface area contributed by atoms with Gasteiger partial charge in [0.2, 0.25) is 5.88 Å². The van der Waals surface area contributed by atoms with Crippen LogP contribution in [0.1, 0.15) is 63.1 Å². The number of aromatic carboxylic acids is 1. The molecule has 2 aliphatic rings. The normalized spacial score (nSPS) is 16.2. The second kappa shape index (κ2) is 12.0. The zero-order chi connectivity index (χ0) is 29.1. The number of halogens is 4. The van der Waals surface area contributed by atoms with Crippen LogP contribution in [0.5, 0.6) is 5.88 Å². The molecule has 5 rings (SSSR count). The van der Waals surface area contributed by atoms with Gasteiger partial charge in [0, 0.05) is 25.2 Å². The average molecular weight is 569 g/mol. The van der Waals surface area contributed by atoms with Crippen LogP contribution in [-0.2, 0) is 19.0 Å². The smallest absolute Gasteiger partial charge is 0.433 e. The van der Waals surface area contributed by atoms with Crippen molar-refractivity contribution in [1.82, 2.24) is 9.88 Å². The number of aryl methyl sites for hydroxylation is 1. The Morgan fingerprint density at radius 1 is 1.05 bits per heavy atom. The van der Waals surface area contributed by atoms with Crippen molar-refractivity contribution >= 4 is 17.1 Å². The number of hydrogen-bond donors (Lipinski definition) is 1. The van der Waals surface area contributed by atoms with E-state index in [4.69, 9.17) is 4.74 Å². The van der Waals surface area contributed by atoms with Crippen LogP contribution in [0.15, 0.2) is 54.6 Å². The lowest BCUT2D eigenvalue weighted by atomic mass is 9.86. The van der Waals surface area contributed by atoms with Gasteiger partial charge in [-0.25, -0.2) is 9.78 Å². The van der Waals surface area contributed by atoms with Gasteiger partial charge in [-0.3, -0.25) is 4.39 Å². The summed E-state index contributed by atoms with van der Waals surface area (Å²) in [6, 6.07) is 15.6. The van der Waals surface area contributed by atoms with E-state index >= 15 is 0 Å². The molecule has 1 saturated heterocycles. The number of carboxylic acid groups (broad SMARTS) is 1. The van der Waals surface area contributed by atoms with E-state index in [1.54, 1.807) is 18.2 Å². The van der Waals surface area contributed by atoms with E-state index in [1.165, 1.54) is 18.7 Å². The molecule has 1 fully saturated rings. The first-order chi connectivity index (χ1) is 19.7. The number of alkyl halides is 4. The fourth-order valence-corrected chi connectivity index (χ4v) is 5.92. The highest BCUT2D eigenvalue weighted by Gasteiger charge is 2.34. The van der Waals surface area contributed by atoms with E-state index in [1.807, 2.05) is 12.1 Å². The predicted octanol–water partition coefficient (Wildman–Crippen LogP) is 6.94. The number of hydrogen-bond acceptors (Lipinski definition) is 4. The van der Waals surface area contributed by atoms with Crippen molar-refractivity contribution < 1.29 is 32.2 Å². The number of carbonyl (C=O) groups is 1. The minimum absolute atomic E-state index is 0.100. The van der Waals surface area contributed by atoms with E-state index in [0.29, 0.717) is 37.2 Å². The summed E-state index contributed by atoms with van der Waals surface area (Å²) in [6.45, 7) is 2.40. The Kier molecular flexibility index (Phi) is 8.45. The van der Waals surface area contributed by atoms with Crippen molar-refractivity contribution in [3.05, 3.63) is 93.7 Å². The third-order valence-corrected chi connectivity index (χ3v) is 7.87. The van der Waals surface area contributed by atoms with Crippen molar-refractivity contribution in [3.63, 3.8) is 0 Å². The summed E-state index contributed by atoms with van der Waals surface area (Å²) in [7, 11) is 1.31. The SMILES string of the molecule is COc1nc(C(F)(F)F)ccc1C1=C(c2ccc(CC3CN(CCCF)C3)cc2)c2ccc(C(=O)O)cc2CCC1. The fourth-order valence-electron chi connectivity index (χ4n) is 5.92. The lowest BCUT2D eigenvalue weighted by molar-refractivity contribution is -0.141. The molecule has 0 atom stereocenters. The van der Waals surface area contributed by atoms with Gasteiger partial charge >= 0.3 is 12.1 Å². The minimum Gasteiger partial charge on any atom is -0.481 e. The maximum absolute atomic E-state index is 13.4. The molecule has 1 N–H and O–H groups in total. The largest absolute Gasteiger partial charge is 0.481 e. The fraction of sp³-hybridized carbons (Fsp3) is 0.375. The molecule has 9 heteroatoms. The number of aromatic nitrogens is 1. The van der Waals surface area contributed by atoms with Gasteiger partial charge in [0.05, 0.1) is 19.3 Å². The van der Waals surface area contributed by atoms with Gasteiger partial charge in [-0.1, -0.05) is 30.3 Å². The summed E-state index contributed by atoms with van der Waals surface area (Å²) in [5.41, 5.74) is 5.07. The van der Waals surface area contributed by atoms with Crippen molar-refractivity contribution in [3.8, 4) is 5.88 Å². The molecule has 1 aliphatic carbocycles. The first-order valence-corrected chi connectivity index (χ1v) is 13.8. The topological polar surface area (TPSA) is 62.7 Å². The predicted molar refractivity (Wildman–Crippen MR) is 149 cm³/mol. The maximum Gasteiger partial charge on any atom is 0.433 e. The van der Waals surface area contributed by atoms with Gasteiger partial charge in [-0.05, 0) is 95.7 Å². The van der Waals surface area contributed by atoms with E-state index in [0.717, 1.165) is 60.0 Å². The highest BCUT2D eigenvalue weighted by atomic mass is 19.4. The zero-order valence-electron chi connectivity index (χ0n) is 22.8. The van der Waals surface area contributed by atoms with Gasteiger partial charge in [-0.15, -0.1) is 0 Å². The molecule has 2 heterocycles. The summed E-state index contributed by atoms with van der Waals surface area (Å²) in [6.07, 6.45) is -1.28. The lowest BCUT2D eigenvalue weighted by Crippen LogP contribution is -2.47. The van der Waals surface area contributed by atoms with Crippen LogP contribution in [0.3, 0.4) is 0 Å². The molecule has 3 aromatic rings. The molecule has 5 nitrogen and oxygen atoms in total. The average Bonchev–Trinajstić information content (AvgIpc) is 3.12. The number of allylic oxidation sites excluding steroid dienone is 1. The maximum atomic E-state index is 13.4. The third-order valence-electron chi connectivity index (χ3n) is 7.87. The van der Waals surface area contributed by atoms with Gasteiger partial charge in [-0.2, -0.15) is 13.2 Å². The van der Waals surface area contributed by atoms with Gasteiger partial charge < -0.3 is 14.7 Å². The zero-order valence-corrected chi connectivity index (χ0v) is 22.8. The number of pyridine rings is 1. The van der Waals surface area contributed by atoms with Crippen molar-refractivity contribution in [1.29, 1.82) is 0 Å². The Bertz CT molecular complexity index is 1440. The van der Waals surface area contributed by atoms with Crippen LogP contribution < -0.4 is 4.74 Å². The number of benzene rings is 2. The molecular weight excluding hydrogens is 536 g/mol. The summed E-state index contributed by atoms with van der Waals surface area (Å²) < 4.78 is 58.1. The number of ether oxygens (including phenoxy) is 1. The molecule has 0 bridgehead atoms. The summed E-state index contributed by atoms with van der Waals surface area (Å²) >= 11 is 0. The highest BCUT2D eigenvalue weighted by Crippen LogP contribution is 2.43. The third kappa shape index (κ3) is 6.30. The van der Waals surface area contributed by atoms with Crippen LogP contribution in [0, 0.1) is 5.92 Å². The van der Waals surface area contributed by atoms with Gasteiger partial charge in [0.1, 0.15) is 5.69 Å². The van der Waals surface area contributed by atoms with E-state index in [9.17, 15) is 27.5 Å². The molecule has 1 aromatic heterocycles. The summed E-state index contributed by atoms with van der Waals surface area (Å²) in [5, 5.41) is 9.57. The molecule has 216 valence electrons. The molecule has 0 saturated carbocycles. The standard InChI is InChI=1S/C32H32F4N2O3/c1-41-30-27(12-13-28(37-30)32(34,35)36)26-5-2-4-23-17-24(31(39)40)10-11-25(23)29(26)22-8-6-20(7-9-22)16-21-18-38(19-21)15-3-14-33/h6-13,17,21H,2-5,14-16,18-19H2,1H3,(H,39,40). The molecule has 0 amide bonds. The second-order valence-electron chi connectivity index (χ2n) is 10.7. The van der Waals surface area contributed by atoms with Crippen LogP contribution in [0.25, 0.3) is 11.1 Å². The molecule has 0 radical (unpaired) electrons. The molecule has 41 heavy (non-hydrogen) atoms. The quantitative estimate of drug-likeness (QED) is 0.284. The summed E-state index contributed by atoms with van der Waals surface area (Å²) in [4.78, 5) is 17.7. The Labute approximate surface area is 236 Å². The Balaban J connectivity index is 1.55. The number of nitrogens with zero attached hydrogens (tertiary/aromatic N) is 2. The van der Waals surface area contributed by atoms with Crippen LogP contribution in [0.4, 0.5) is 17.6 Å². The number of methoxy groups -OCH3 is 1. The molecule has 2 aromatic carbocycles. The van der Waals surface area contributed by atoms with Crippen molar-refractivity contribution in [2.75, 3.05) is 33.4 Å². The van der Waals surface area contributed by atoms with Gasteiger partial charge in [0.25, 0.3) is 0 Å². The number of fused-ring (bicyclic) bond motifs is 1. The monoisotopic (exact) mass is 568 g/mol. The Morgan fingerprint density at radius 3 is 2.44 bits per heavy atom. The molecular formula is C32H32F4N2O3. The lowest BCUT2D eigenvalue weighted by Gasteiger charge is -2.39. The molecule has 1 aliphatic heterocycles. The van der Waals surface area contributed by atoms with Crippen LogP contribution >= 0.6 is 0 Å². The first-order valence-electron chi connectivity index (χ1n) is 13.8. The van der Waals surface area contributed by atoms with Crippen LogP contribution in [-0.4, -0.2) is 54.4 Å². The second-order valence-corrected chi connectivity index (χ2v) is 10.7. The van der Waals surface area contributed by atoms with Gasteiger partial charge in [0.15, 0.2) is 0 Å². The number of carboxylic acids is 1. The number of likely N-dealkylation sites (tertiary alicyclic amines) is 1. The Hall–Kier alpha value is -3.72. The van der Waals surface area contributed by atoms with Crippen molar-refractivity contribution in [2.45, 2.75) is 38.3 Å². The first kappa shape index (κ1) is 28.8. The van der Waals surface area contributed by atoms with Crippen LogP contribution in [0.2, 0.25) is 0 Å².